The Bertz CT molecular complexity index is 367. The predicted molar refractivity (Wildman–Crippen MR) is 111 cm³/mol. The molecule has 1 atom stereocenters. The van der Waals surface area contributed by atoms with Crippen molar-refractivity contribution in [2.45, 2.75) is 116 Å². The number of nitrogens with zero attached hydrogens (tertiary/aromatic N) is 1. The van der Waals surface area contributed by atoms with Crippen molar-refractivity contribution in [2.24, 2.45) is 0 Å². The Balaban J connectivity index is 1.84. The highest BCUT2D eigenvalue weighted by atomic mass is 16.3. The Kier molecular flexibility index (Phi) is 14.6. The van der Waals surface area contributed by atoms with Crippen molar-refractivity contribution < 1.29 is 9.90 Å². The summed E-state index contributed by atoms with van der Waals surface area (Å²) in [6, 6.07) is 0.0885. The van der Waals surface area contributed by atoms with E-state index in [9.17, 15) is 9.90 Å². The van der Waals surface area contributed by atoms with Gasteiger partial charge in [-0.1, -0.05) is 70.4 Å². The van der Waals surface area contributed by atoms with Crippen LogP contribution in [0.3, 0.4) is 0 Å². The van der Waals surface area contributed by atoms with Crippen LogP contribution in [-0.2, 0) is 4.79 Å². The van der Waals surface area contributed by atoms with Crippen molar-refractivity contribution in [3.63, 3.8) is 0 Å². The molecule has 0 aromatic heterocycles. The van der Waals surface area contributed by atoms with Gasteiger partial charge < -0.3 is 10.0 Å². The number of carbonyl (C=O) groups excluding carboxylic acids is 1. The fraction of sp³-hybridized carbons (Fsp3) is 0.870. The minimum absolute atomic E-state index is 0.0885. The largest absolute Gasteiger partial charge is 0.394 e. The maximum atomic E-state index is 12.2. The molecule has 0 unspecified atom stereocenters. The average Bonchev–Trinajstić information content (AvgIpc) is 3.13. The molecule has 0 radical (unpaired) electrons. The highest BCUT2D eigenvalue weighted by Gasteiger charge is 2.27. The van der Waals surface area contributed by atoms with E-state index in [1.807, 2.05) is 4.90 Å². The lowest BCUT2D eigenvalue weighted by molar-refractivity contribution is -0.132. The fourth-order valence-corrected chi connectivity index (χ4v) is 3.84. The summed E-state index contributed by atoms with van der Waals surface area (Å²) >= 11 is 0. The second kappa shape index (κ2) is 16.4. The quantitative estimate of drug-likeness (QED) is 0.269. The number of aliphatic hydroxyl groups is 1. The van der Waals surface area contributed by atoms with Gasteiger partial charge in [-0.15, -0.1) is 0 Å². The van der Waals surface area contributed by atoms with Crippen molar-refractivity contribution in [3.8, 4) is 0 Å². The third-order valence-electron chi connectivity index (χ3n) is 5.56. The first kappa shape index (κ1) is 23.2. The molecular formula is C23H43NO2. The molecule has 0 spiro atoms. The Morgan fingerprint density at radius 1 is 0.923 bits per heavy atom. The molecule has 3 nitrogen and oxygen atoms in total. The molecule has 3 heteroatoms. The smallest absolute Gasteiger partial charge is 0.222 e. The Hall–Kier alpha value is -0.830. The van der Waals surface area contributed by atoms with Gasteiger partial charge in [-0.2, -0.15) is 0 Å². The zero-order valence-electron chi connectivity index (χ0n) is 17.3. The maximum absolute atomic E-state index is 12.2. The number of allylic oxidation sites excluding steroid dienone is 2. The molecule has 0 bridgehead atoms. The summed E-state index contributed by atoms with van der Waals surface area (Å²) in [5.74, 6) is 0.249. The van der Waals surface area contributed by atoms with Crippen molar-refractivity contribution >= 4 is 5.91 Å². The van der Waals surface area contributed by atoms with Crippen LogP contribution in [0.4, 0.5) is 0 Å². The molecule has 26 heavy (non-hydrogen) atoms. The van der Waals surface area contributed by atoms with Gasteiger partial charge in [0, 0.05) is 13.0 Å². The van der Waals surface area contributed by atoms with Crippen LogP contribution in [0.1, 0.15) is 110 Å². The second-order valence-corrected chi connectivity index (χ2v) is 7.90. The number of unbranched alkanes of at least 4 members (excludes halogenated alkanes) is 11. The maximum Gasteiger partial charge on any atom is 0.222 e. The molecule has 1 aliphatic heterocycles. The van der Waals surface area contributed by atoms with Gasteiger partial charge in [0.15, 0.2) is 0 Å². The summed E-state index contributed by atoms with van der Waals surface area (Å²) in [6.07, 6.45) is 24.1. The third-order valence-corrected chi connectivity index (χ3v) is 5.56. The molecule has 1 amide bonds. The zero-order valence-corrected chi connectivity index (χ0v) is 17.3. The van der Waals surface area contributed by atoms with E-state index in [0.29, 0.717) is 6.42 Å². The van der Waals surface area contributed by atoms with Crippen molar-refractivity contribution in [1.29, 1.82) is 0 Å². The molecule has 1 rings (SSSR count). The molecule has 1 heterocycles. The summed E-state index contributed by atoms with van der Waals surface area (Å²) in [5.41, 5.74) is 0. The molecule has 1 fully saturated rings. The van der Waals surface area contributed by atoms with Gasteiger partial charge in [-0.3, -0.25) is 4.79 Å². The SMILES string of the molecule is CCCCCCCC/C=C\CCCCCCCC(=O)N1CCC[C@@H]1CO. The highest BCUT2D eigenvalue weighted by Crippen LogP contribution is 2.19. The molecule has 0 aliphatic carbocycles. The van der Waals surface area contributed by atoms with Crippen molar-refractivity contribution in [3.05, 3.63) is 12.2 Å². The van der Waals surface area contributed by atoms with Crippen LogP contribution < -0.4 is 0 Å². The van der Waals surface area contributed by atoms with E-state index in [2.05, 4.69) is 19.1 Å². The lowest BCUT2D eigenvalue weighted by Crippen LogP contribution is -2.37. The minimum Gasteiger partial charge on any atom is -0.394 e. The van der Waals surface area contributed by atoms with Gasteiger partial charge in [0.1, 0.15) is 0 Å². The molecule has 0 aromatic carbocycles. The Labute approximate surface area is 162 Å². The standard InChI is InChI=1S/C23H43NO2/c1-2-3-4-5-6-7-8-9-10-11-12-13-14-15-16-19-23(26)24-20-17-18-22(24)21-25/h9-10,22,25H,2-8,11-21H2,1H3/b10-9-/t22-/m1/s1. The number of carbonyl (C=O) groups is 1. The number of likely N-dealkylation sites (tertiary alicyclic amines) is 1. The van der Waals surface area contributed by atoms with Gasteiger partial charge in [-0.25, -0.2) is 0 Å². The number of amides is 1. The number of hydrogen-bond donors (Lipinski definition) is 1. The van der Waals surface area contributed by atoms with Crippen LogP contribution in [0.5, 0.6) is 0 Å². The molecule has 0 aromatic rings. The molecule has 1 saturated heterocycles. The Morgan fingerprint density at radius 2 is 1.50 bits per heavy atom. The first-order valence-electron chi connectivity index (χ1n) is 11.3. The average molecular weight is 366 g/mol. The second-order valence-electron chi connectivity index (χ2n) is 7.90. The molecule has 1 aliphatic rings. The van der Waals surface area contributed by atoms with Crippen LogP contribution >= 0.6 is 0 Å². The van der Waals surface area contributed by atoms with Gasteiger partial charge in [0.2, 0.25) is 5.91 Å². The topological polar surface area (TPSA) is 40.5 Å². The first-order valence-corrected chi connectivity index (χ1v) is 11.3. The molecule has 0 saturated carbocycles. The van der Waals surface area contributed by atoms with Gasteiger partial charge >= 0.3 is 0 Å². The minimum atomic E-state index is 0.0885. The summed E-state index contributed by atoms with van der Waals surface area (Å²) in [7, 11) is 0. The van der Waals surface area contributed by atoms with Crippen LogP contribution in [0, 0.1) is 0 Å². The Morgan fingerprint density at radius 3 is 2.12 bits per heavy atom. The van der Waals surface area contributed by atoms with Crippen molar-refractivity contribution in [2.75, 3.05) is 13.2 Å². The van der Waals surface area contributed by atoms with E-state index in [-0.39, 0.29) is 18.6 Å². The van der Waals surface area contributed by atoms with Gasteiger partial charge in [-0.05, 0) is 44.9 Å². The van der Waals surface area contributed by atoms with Crippen LogP contribution in [0.15, 0.2) is 12.2 Å². The van der Waals surface area contributed by atoms with Crippen LogP contribution in [0.25, 0.3) is 0 Å². The third kappa shape index (κ3) is 11.0. The van der Waals surface area contributed by atoms with Crippen LogP contribution in [-0.4, -0.2) is 35.1 Å². The summed E-state index contributed by atoms with van der Waals surface area (Å²) in [4.78, 5) is 14.1. The lowest BCUT2D eigenvalue weighted by Gasteiger charge is -2.22. The molecule has 152 valence electrons. The number of aliphatic hydroxyl groups excluding tert-OH is 1. The number of rotatable bonds is 16. The van der Waals surface area contributed by atoms with E-state index in [0.717, 1.165) is 32.2 Å². The van der Waals surface area contributed by atoms with Gasteiger partial charge in [0.05, 0.1) is 12.6 Å². The van der Waals surface area contributed by atoms with Gasteiger partial charge in [0.25, 0.3) is 0 Å². The number of hydrogen-bond acceptors (Lipinski definition) is 2. The van der Waals surface area contributed by atoms with E-state index < -0.39 is 0 Å². The van der Waals surface area contributed by atoms with E-state index in [4.69, 9.17) is 0 Å². The fourth-order valence-electron chi connectivity index (χ4n) is 3.84. The summed E-state index contributed by atoms with van der Waals surface area (Å²) in [6.45, 7) is 3.23. The van der Waals surface area contributed by atoms with E-state index in [1.54, 1.807) is 0 Å². The molecular weight excluding hydrogens is 322 g/mol. The highest BCUT2D eigenvalue weighted by molar-refractivity contribution is 5.76. The molecule has 1 N–H and O–H groups in total. The van der Waals surface area contributed by atoms with E-state index in [1.165, 1.54) is 70.6 Å². The normalized spacial score (nSPS) is 17.5. The summed E-state index contributed by atoms with van der Waals surface area (Å²) < 4.78 is 0. The summed E-state index contributed by atoms with van der Waals surface area (Å²) in [5, 5.41) is 9.29. The lowest BCUT2D eigenvalue weighted by atomic mass is 10.1. The van der Waals surface area contributed by atoms with Crippen molar-refractivity contribution in [1.82, 2.24) is 4.90 Å². The first-order chi connectivity index (χ1) is 12.8. The van der Waals surface area contributed by atoms with E-state index >= 15 is 0 Å². The predicted octanol–water partition coefficient (Wildman–Crippen LogP) is 6.01. The van der Waals surface area contributed by atoms with Crippen LogP contribution in [0.2, 0.25) is 0 Å². The zero-order chi connectivity index (χ0) is 18.9. The monoisotopic (exact) mass is 365 g/mol.